The lowest BCUT2D eigenvalue weighted by Crippen LogP contribution is -2.27. The highest BCUT2D eigenvalue weighted by molar-refractivity contribution is 5.97. The van der Waals surface area contributed by atoms with E-state index in [2.05, 4.69) is 20.6 Å². The molecule has 0 bridgehead atoms. The van der Waals surface area contributed by atoms with Gasteiger partial charge in [0, 0.05) is 33.2 Å². The summed E-state index contributed by atoms with van der Waals surface area (Å²) in [7, 11) is 3.46. The Morgan fingerprint density at radius 2 is 2.10 bits per heavy atom. The molecule has 0 unspecified atom stereocenters. The Morgan fingerprint density at radius 1 is 1.33 bits per heavy atom. The summed E-state index contributed by atoms with van der Waals surface area (Å²) in [4.78, 5) is 20.8. The van der Waals surface area contributed by atoms with Crippen LogP contribution in [0.3, 0.4) is 0 Å². The number of unbranched alkanes of at least 4 members (excludes halogenated alkanes) is 2. The number of carbonyl (C=O) groups excluding carboxylic acids is 1. The SMILES string of the molecule is CNc1cnc(C(C)C)nc1C(=O)NCCCCCOC. The lowest BCUT2D eigenvalue weighted by Gasteiger charge is -2.11. The van der Waals surface area contributed by atoms with Crippen molar-refractivity contribution in [3.63, 3.8) is 0 Å². The fourth-order valence-electron chi connectivity index (χ4n) is 1.86. The molecule has 21 heavy (non-hydrogen) atoms. The van der Waals surface area contributed by atoms with Gasteiger partial charge in [0.15, 0.2) is 5.69 Å². The topological polar surface area (TPSA) is 76.1 Å². The molecule has 0 aliphatic rings. The van der Waals surface area contributed by atoms with Crippen molar-refractivity contribution in [2.75, 3.05) is 32.6 Å². The highest BCUT2D eigenvalue weighted by Gasteiger charge is 2.15. The normalized spacial score (nSPS) is 10.7. The summed E-state index contributed by atoms with van der Waals surface area (Å²) < 4.78 is 4.99. The van der Waals surface area contributed by atoms with Crippen molar-refractivity contribution in [2.24, 2.45) is 0 Å². The van der Waals surface area contributed by atoms with Crippen LogP contribution in [0.15, 0.2) is 6.20 Å². The average molecular weight is 294 g/mol. The lowest BCUT2D eigenvalue weighted by molar-refractivity contribution is 0.0948. The first-order valence-electron chi connectivity index (χ1n) is 7.42. The van der Waals surface area contributed by atoms with Gasteiger partial charge < -0.3 is 15.4 Å². The molecule has 0 spiro atoms. The third kappa shape index (κ3) is 5.67. The standard InChI is InChI=1S/C15H26N4O2/c1-11(2)14-18-10-12(16-3)13(19-14)15(20)17-8-6-5-7-9-21-4/h10-11,16H,5-9H2,1-4H3,(H,17,20). The number of carbonyl (C=O) groups is 1. The number of nitrogens with zero attached hydrogens (tertiary/aromatic N) is 2. The van der Waals surface area contributed by atoms with Crippen molar-refractivity contribution >= 4 is 11.6 Å². The molecule has 118 valence electrons. The molecule has 0 saturated heterocycles. The summed E-state index contributed by atoms with van der Waals surface area (Å²) in [5.41, 5.74) is 1.06. The number of hydrogen-bond acceptors (Lipinski definition) is 5. The van der Waals surface area contributed by atoms with Crippen LogP contribution >= 0.6 is 0 Å². The Morgan fingerprint density at radius 3 is 2.71 bits per heavy atom. The van der Waals surface area contributed by atoms with Crippen LogP contribution in [0.4, 0.5) is 5.69 Å². The number of anilines is 1. The number of hydrogen-bond donors (Lipinski definition) is 2. The Kier molecular flexibility index (Phi) is 7.68. The van der Waals surface area contributed by atoms with Gasteiger partial charge in [-0.3, -0.25) is 4.79 Å². The minimum absolute atomic E-state index is 0.157. The molecule has 2 N–H and O–H groups in total. The third-order valence-electron chi connectivity index (χ3n) is 3.12. The molecular formula is C15H26N4O2. The molecule has 0 aliphatic carbocycles. The number of amides is 1. The van der Waals surface area contributed by atoms with Gasteiger partial charge in [-0.1, -0.05) is 13.8 Å². The monoisotopic (exact) mass is 294 g/mol. The zero-order chi connectivity index (χ0) is 15.7. The first kappa shape index (κ1) is 17.4. The van der Waals surface area contributed by atoms with Gasteiger partial charge in [-0.05, 0) is 19.3 Å². The van der Waals surface area contributed by atoms with Crippen molar-refractivity contribution in [1.82, 2.24) is 15.3 Å². The van der Waals surface area contributed by atoms with E-state index in [4.69, 9.17) is 4.74 Å². The van der Waals surface area contributed by atoms with Gasteiger partial charge >= 0.3 is 0 Å². The maximum Gasteiger partial charge on any atom is 0.272 e. The average Bonchev–Trinajstić information content (AvgIpc) is 2.49. The van der Waals surface area contributed by atoms with E-state index in [9.17, 15) is 4.79 Å². The fraction of sp³-hybridized carbons (Fsp3) is 0.667. The Hall–Kier alpha value is -1.69. The second kappa shape index (κ2) is 9.28. The van der Waals surface area contributed by atoms with Crippen LogP contribution in [-0.4, -0.2) is 43.2 Å². The number of aromatic nitrogens is 2. The van der Waals surface area contributed by atoms with Gasteiger partial charge in [0.1, 0.15) is 5.82 Å². The van der Waals surface area contributed by atoms with E-state index in [0.717, 1.165) is 25.9 Å². The van der Waals surface area contributed by atoms with Crippen molar-refractivity contribution < 1.29 is 9.53 Å². The molecule has 1 aromatic rings. The molecule has 6 nitrogen and oxygen atoms in total. The van der Waals surface area contributed by atoms with E-state index in [1.807, 2.05) is 13.8 Å². The van der Waals surface area contributed by atoms with E-state index in [0.29, 0.717) is 23.8 Å². The van der Waals surface area contributed by atoms with E-state index in [-0.39, 0.29) is 11.8 Å². The van der Waals surface area contributed by atoms with Gasteiger partial charge in [-0.15, -0.1) is 0 Å². The minimum atomic E-state index is -0.157. The molecule has 0 saturated carbocycles. The van der Waals surface area contributed by atoms with Crippen LogP contribution in [-0.2, 0) is 4.74 Å². The third-order valence-corrected chi connectivity index (χ3v) is 3.12. The molecule has 6 heteroatoms. The van der Waals surface area contributed by atoms with Crippen LogP contribution in [0.2, 0.25) is 0 Å². The first-order chi connectivity index (χ1) is 10.1. The van der Waals surface area contributed by atoms with Gasteiger partial charge in [-0.25, -0.2) is 9.97 Å². The number of ether oxygens (including phenoxy) is 1. The van der Waals surface area contributed by atoms with Crippen LogP contribution in [0.1, 0.15) is 55.3 Å². The number of methoxy groups -OCH3 is 1. The van der Waals surface area contributed by atoms with Crippen LogP contribution < -0.4 is 10.6 Å². The summed E-state index contributed by atoms with van der Waals surface area (Å²) in [6, 6.07) is 0. The Labute approximate surface area is 126 Å². The number of rotatable bonds is 9. The van der Waals surface area contributed by atoms with Crippen LogP contribution in [0.25, 0.3) is 0 Å². The minimum Gasteiger partial charge on any atom is -0.385 e. The summed E-state index contributed by atoms with van der Waals surface area (Å²) in [5.74, 6) is 0.714. The summed E-state index contributed by atoms with van der Waals surface area (Å²) in [5, 5.41) is 5.87. The maximum atomic E-state index is 12.2. The largest absolute Gasteiger partial charge is 0.385 e. The molecule has 0 atom stereocenters. The predicted octanol–water partition coefficient (Wildman–Crippen LogP) is 2.19. The van der Waals surface area contributed by atoms with Crippen molar-refractivity contribution in [2.45, 2.75) is 39.0 Å². The van der Waals surface area contributed by atoms with Crippen molar-refractivity contribution in [1.29, 1.82) is 0 Å². The van der Waals surface area contributed by atoms with Crippen LogP contribution in [0, 0.1) is 0 Å². The molecule has 0 aromatic carbocycles. The smallest absolute Gasteiger partial charge is 0.272 e. The summed E-state index contributed by atoms with van der Waals surface area (Å²) in [6.45, 7) is 5.42. The van der Waals surface area contributed by atoms with E-state index in [1.165, 1.54) is 0 Å². The highest BCUT2D eigenvalue weighted by Crippen LogP contribution is 2.15. The zero-order valence-corrected chi connectivity index (χ0v) is 13.4. The van der Waals surface area contributed by atoms with Gasteiger partial charge in [0.05, 0.1) is 11.9 Å². The van der Waals surface area contributed by atoms with Gasteiger partial charge in [0.25, 0.3) is 5.91 Å². The number of nitrogens with one attached hydrogen (secondary N) is 2. The molecule has 1 rings (SSSR count). The molecule has 0 fully saturated rings. The molecule has 0 aliphatic heterocycles. The van der Waals surface area contributed by atoms with Gasteiger partial charge in [-0.2, -0.15) is 0 Å². The lowest BCUT2D eigenvalue weighted by atomic mass is 10.2. The molecule has 1 aromatic heterocycles. The quantitative estimate of drug-likeness (QED) is 0.683. The maximum absolute atomic E-state index is 12.2. The summed E-state index contributed by atoms with van der Waals surface area (Å²) in [6.07, 6.45) is 4.65. The van der Waals surface area contributed by atoms with E-state index in [1.54, 1.807) is 20.4 Å². The summed E-state index contributed by atoms with van der Waals surface area (Å²) >= 11 is 0. The second-order valence-electron chi connectivity index (χ2n) is 5.20. The van der Waals surface area contributed by atoms with Gasteiger partial charge in [0.2, 0.25) is 0 Å². The highest BCUT2D eigenvalue weighted by atomic mass is 16.5. The molecular weight excluding hydrogens is 268 g/mol. The fourth-order valence-corrected chi connectivity index (χ4v) is 1.86. The first-order valence-corrected chi connectivity index (χ1v) is 7.42. The van der Waals surface area contributed by atoms with Crippen LogP contribution in [0.5, 0.6) is 0 Å². The zero-order valence-electron chi connectivity index (χ0n) is 13.4. The Balaban J connectivity index is 2.57. The van der Waals surface area contributed by atoms with Crippen molar-refractivity contribution in [3.8, 4) is 0 Å². The second-order valence-corrected chi connectivity index (χ2v) is 5.20. The predicted molar refractivity (Wildman–Crippen MR) is 83.7 cm³/mol. The molecule has 0 radical (unpaired) electrons. The molecule has 1 heterocycles. The Bertz CT molecular complexity index is 449. The van der Waals surface area contributed by atoms with Crippen molar-refractivity contribution in [3.05, 3.63) is 17.7 Å². The molecule has 1 amide bonds. The van der Waals surface area contributed by atoms with E-state index >= 15 is 0 Å². The van der Waals surface area contributed by atoms with E-state index < -0.39 is 0 Å².